The van der Waals surface area contributed by atoms with Crippen LogP contribution in [0.15, 0.2) is 18.2 Å². The number of hydrogen-bond acceptors (Lipinski definition) is 3. The van der Waals surface area contributed by atoms with E-state index in [0.717, 1.165) is 37.0 Å². The molecule has 1 aromatic rings. The maximum atomic E-state index is 11.6. The first kappa shape index (κ1) is 14.9. The molecule has 2 aliphatic rings. The number of aryl methyl sites for hydroxylation is 1. The average Bonchev–Trinajstić information content (AvgIpc) is 3.11. The molecule has 0 saturated heterocycles. The lowest BCUT2D eigenvalue weighted by atomic mass is 9.67. The van der Waals surface area contributed by atoms with Gasteiger partial charge in [-0.05, 0) is 61.3 Å². The van der Waals surface area contributed by atoms with E-state index in [0.29, 0.717) is 12.5 Å². The second kappa shape index (κ2) is 5.29. The lowest BCUT2D eigenvalue weighted by Crippen LogP contribution is -2.47. The Kier molecular flexibility index (Phi) is 3.74. The molecule has 21 heavy (non-hydrogen) atoms. The zero-order valence-electron chi connectivity index (χ0n) is 13.2. The Morgan fingerprint density at radius 3 is 2.81 bits per heavy atom. The number of fused-ring (bicyclic) bond motifs is 1. The van der Waals surface area contributed by atoms with Gasteiger partial charge in [0.1, 0.15) is 5.75 Å². The SMILES string of the molecule is CCC1CCC(CN)(C2(O)CCc3ccc(OC)cc32)C1. The van der Waals surface area contributed by atoms with Crippen LogP contribution in [0.3, 0.4) is 0 Å². The van der Waals surface area contributed by atoms with Crippen molar-refractivity contribution in [1.82, 2.24) is 0 Å². The first-order valence-electron chi connectivity index (χ1n) is 8.18. The second-order valence-corrected chi connectivity index (χ2v) is 6.88. The maximum absolute atomic E-state index is 11.6. The Bertz CT molecular complexity index is 530. The minimum Gasteiger partial charge on any atom is -0.497 e. The monoisotopic (exact) mass is 289 g/mol. The summed E-state index contributed by atoms with van der Waals surface area (Å²) in [5, 5.41) is 11.6. The number of ether oxygens (including phenoxy) is 1. The van der Waals surface area contributed by atoms with Crippen molar-refractivity contribution in [2.45, 2.75) is 51.0 Å². The minimum absolute atomic E-state index is 0.161. The molecular weight excluding hydrogens is 262 g/mol. The van der Waals surface area contributed by atoms with Gasteiger partial charge in [0.15, 0.2) is 0 Å². The molecule has 3 unspecified atom stereocenters. The molecule has 3 rings (SSSR count). The lowest BCUT2D eigenvalue weighted by Gasteiger charge is -2.43. The van der Waals surface area contributed by atoms with Crippen LogP contribution in [0.4, 0.5) is 0 Å². The van der Waals surface area contributed by atoms with Gasteiger partial charge in [0.05, 0.1) is 12.7 Å². The highest BCUT2D eigenvalue weighted by Crippen LogP contribution is 2.58. The van der Waals surface area contributed by atoms with E-state index in [4.69, 9.17) is 10.5 Å². The molecule has 3 heteroatoms. The number of hydrogen-bond donors (Lipinski definition) is 2. The summed E-state index contributed by atoms with van der Waals surface area (Å²) in [6.45, 7) is 2.81. The van der Waals surface area contributed by atoms with Gasteiger partial charge in [-0.1, -0.05) is 19.4 Å². The molecule has 0 aromatic heterocycles. The Hall–Kier alpha value is -1.06. The van der Waals surface area contributed by atoms with Crippen molar-refractivity contribution in [3.63, 3.8) is 0 Å². The van der Waals surface area contributed by atoms with Gasteiger partial charge in [0.2, 0.25) is 0 Å². The number of rotatable bonds is 4. The summed E-state index contributed by atoms with van der Waals surface area (Å²) in [4.78, 5) is 0. The molecule has 1 saturated carbocycles. The van der Waals surface area contributed by atoms with Crippen LogP contribution in [-0.2, 0) is 12.0 Å². The largest absolute Gasteiger partial charge is 0.497 e. The summed E-state index contributed by atoms with van der Waals surface area (Å²) in [6.07, 6.45) is 6.19. The Balaban J connectivity index is 2.03. The van der Waals surface area contributed by atoms with Crippen LogP contribution in [0.5, 0.6) is 5.75 Å². The van der Waals surface area contributed by atoms with Crippen LogP contribution in [0.2, 0.25) is 0 Å². The molecule has 3 nitrogen and oxygen atoms in total. The number of aliphatic hydroxyl groups is 1. The lowest BCUT2D eigenvalue weighted by molar-refractivity contribution is -0.0856. The first-order chi connectivity index (χ1) is 10.1. The van der Waals surface area contributed by atoms with Crippen molar-refractivity contribution in [2.75, 3.05) is 13.7 Å². The van der Waals surface area contributed by atoms with Gasteiger partial charge in [-0.3, -0.25) is 0 Å². The van der Waals surface area contributed by atoms with Gasteiger partial charge < -0.3 is 15.6 Å². The summed E-state index contributed by atoms with van der Waals surface area (Å²) in [5.41, 5.74) is 7.56. The molecule has 1 aromatic carbocycles. The van der Waals surface area contributed by atoms with Crippen LogP contribution in [-0.4, -0.2) is 18.8 Å². The second-order valence-electron chi connectivity index (χ2n) is 6.88. The van der Waals surface area contributed by atoms with E-state index < -0.39 is 5.60 Å². The highest BCUT2D eigenvalue weighted by molar-refractivity contribution is 5.44. The van der Waals surface area contributed by atoms with Crippen molar-refractivity contribution in [3.05, 3.63) is 29.3 Å². The van der Waals surface area contributed by atoms with Gasteiger partial charge in [-0.25, -0.2) is 0 Å². The molecular formula is C18H27NO2. The molecule has 0 radical (unpaired) electrons. The highest BCUT2D eigenvalue weighted by atomic mass is 16.5. The molecule has 0 bridgehead atoms. The summed E-state index contributed by atoms with van der Waals surface area (Å²) in [7, 11) is 1.68. The highest BCUT2D eigenvalue weighted by Gasteiger charge is 2.56. The van der Waals surface area contributed by atoms with E-state index in [1.807, 2.05) is 12.1 Å². The third kappa shape index (κ3) is 2.09. The predicted molar refractivity (Wildman–Crippen MR) is 84.3 cm³/mol. The fourth-order valence-electron chi connectivity index (χ4n) is 4.60. The molecule has 1 fully saturated rings. The third-order valence-corrected chi connectivity index (χ3v) is 6.07. The zero-order chi connectivity index (χ0) is 15.1. The van der Waals surface area contributed by atoms with E-state index in [9.17, 15) is 5.11 Å². The number of nitrogens with two attached hydrogens (primary N) is 1. The summed E-state index contributed by atoms with van der Waals surface area (Å²) in [5.74, 6) is 1.53. The van der Waals surface area contributed by atoms with Crippen LogP contribution in [0.1, 0.15) is 50.2 Å². The standard InChI is InChI=1S/C18H27NO2/c1-3-13-6-8-17(11-13,12-19)18(20)9-7-14-4-5-15(21-2)10-16(14)18/h4-5,10,13,20H,3,6-9,11-12,19H2,1-2H3. The maximum Gasteiger partial charge on any atom is 0.119 e. The van der Waals surface area contributed by atoms with E-state index in [-0.39, 0.29) is 5.41 Å². The summed E-state index contributed by atoms with van der Waals surface area (Å²) in [6, 6.07) is 6.12. The predicted octanol–water partition coefficient (Wildman–Crippen LogP) is 2.98. The van der Waals surface area contributed by atoms with Gasteiger partial charge in [0.25, 0.3) is 0 Å². The van der Waals surface area contributed by atoms with Crippen LogP contribution in [0, 0.1) is 11.3 Å². The van der Waals surface area contributed by atoms with Crippen LogP contribution < -0.4 is 10.5 Å². The van der Waals surface area contributed by atoms with Crippen LogP contribution in [0.25, 0.3) is 0 Å². The Morgan fingerprint density at radius 1 is 1.38 bits per heavy atom. The third-order valence-electron chi connectivity index (χ3n) is 6.07. The number of benzene rings is 1. The first-order valence-corrected chi connectivity index (χ1v) is 8.18. The van der Waals surface area contributed by atoms with Gasteiger partial charge >= 0.3 is 0 Å². The van der Waals surface area contributed by atoms with Crippen molar-refractivity contribution >= 4 is 0 Å². The van der Waals surface area contributed by atoms with Crippen molar-refractivity contribution in [3.8, 4) is 5.75 Å². The molecule has 3 atom stereocenters. The topological polar surface area (TPSA) is 55.5 Å². The zero-order valence-corrected chi connectivity index (χ0v) is 13.2. The van der Waals surface area contributed by atoms with Gasteiger partial charge in [-0.15, -0.1) is 0 Å². The molecule has 2 aliphatic carbocycles. The van der Waals surface area contributed by atoms with E-state index in [1.165, 1.54) is 18.4 Å². The molecule has 3 N–H and O–H groups in total. The molecule has 116 valence electrons. The minimum atomic E-state index is -0.782. The Labute approximate surface area is 127 Å². The average molecular weight is 289 g/mol. The fraction of sp³-hybridized carbons (Fsp3) is 0.667. The Morgan fingerprint density at radius 2 is 2.19 bits per heavy atom. The van der Waals surface area contributed by atoms with Crippen molar-refractivity contribution < 1.29 is 9.84 Å². The van der Waals surface area contributed by atoms with E-state index >= 15 is 0 Å². The summed E-state index contributed by atoms with van der Waals surface area (Å²) >= 11 is 0. The molecule has 0 aliphatic heterocycles. The van der Waals surface area contributed by atoms with Crippen LogP contribution >= 0.6 is 0 Å². The van der Waals surface area contributed by atoms with Gasteiger partial charge in [0, 0.05) is 12.0 Å². The van der Waals surface area contributed by atoms with E-state index in [2.05, 4.69) is 13.0 Å². The quantitative estimate of drug-likeness (QED) is 0.896. The fourth-order valence-corrected chi connectivity index (χ4v) is 4.60. The van der Waals surface area contributed by atoms with Gasteiger partial charge in [-0.2, -0.15) is 0 Å². The number of methoxy groups -OCH3 is 1. The summed E-state index contributed by atoms with van der Waals surface area (Å²) < 4.78 is 5.36. The molecule has 0 heterocycles. The molecule has 0 spiro atoms. The normalized spacial score (nSPS) is 35.0. The van der Waals surface area contributed by atoms with E-state index in [1.54, 1.807) is 7.11 Å². The molecule has 0 amide bonds. The van der Waals surface area contributed by atoms with Crippen molar-refractivity contribution in [1.29, 1.82) is 0 Å². The smallest absolute Gasteiger partial charge is 0.119 e. The van der Waals surface area contributed by atoms with Crippen molar-refractivity contribution in [2.24, 2.45) is 17.1 Å².